The summed E-state index contributed by atoms with van der Waals surface area (Å²) >= 11 is 2.99. The van der Waals surface area contributed by atoms with E-state index in [2.05, 4.69) is 39.0 Å². The molecule has 6 nitrogen and oxygen atoms in total. The predicted molar refractivity (Wildman–Crippen MR) is 138 cm³/mol. The molecule has 0 saturated carbocycles. The highest BCUT2D eigenvalue weighted by Gasteiger charge is 2.20. The van der Waals surface area contributed by atoms with Crippen molar-refractivity contribution in [3.8, 4) is 16.8 Å². The van der Waals surface area contributed by atoms with Crippen molar-refractivity contribution in [3.05, 3.63) is 82.7 Å². The van der Waals surface area contributed by atoms with E-state index in [0.29, 0.717) is 18.2 Å². The molecule has 0 saturated heterocycles. The van der Waals surface area contributed by atoms with Gasteiger partial charge in [0.1, 0.15) is 0 Å². The Morgan fingerprint density at radius 3 is 2.53 bits per heavy atom. The molecule has 0 unspecified atom stereocenters. The van der Waals surface area contributed by atoms with Crippen LogP contribution in [0.1, 0.15) is 23.1 Å². The van der Waals surface area contributed by atoms with Gasteiger partial charge in [-0.25, -0.2) is 0 Å². The fourth-order valence-corrected chi connectivity index (χ4v) is 5.29. The molecule has 0 aliphatic carbocycles. The number of carbonyl (C=O) groups is 1. The van der Waals surface area contributed by atoms with Crippen LogP contribution in [0.4, 0.5) is 5.69 Å². The molecule has 4 rings (SSSR count). The van der Waals surface area contributed by atoms with E-state index in [0.717, 1.165) is 33.1 Å². The number of benzene rings is 2. The van der Waals surface area contributed by atoms with E-state index in [9.17, 15) is 4.79 Å². The van der Waals surface area contributed by atoms with Gasteiger partial charge in [0.25, 0.3) is 0 Å². The van der Waals surface area contributed by atoms with Gasteiger partial charge >= 0.3 is 0 Å². The number of thioether (sulfide) groups is 1. The van der Waals surface area contributed by atoms with Crippen LogP contribution in [-0.2, 0) is 11.3 Å². The Bertz CT molecular complexity index is 1270. The third kappa shape index (κ3) is 5.74. The maximum absolute atomic E-state index is 13.3. The Morgan fingerprint density at radius 1 is 1.09 bits per heavy atom. The molecule has 0 atom stereocenters. The van der Waals surface area contributed by atoms with Crippen molar-refractivity contribution in [2.24, 2.45) is 0 Å². The minimum atomic E-state index is -0.0582. The number of carbonyl (C=O) groups excluding carboxylic acids is 1. The first-order chi connectivity index (χ1) is 16.5. The van der Waals surface area contributed by atoms with Crippen LogP contribution in [-0.4, -0.2) is 33.0 Å². The summed E-state index contributed by atoms with van der Waals surface area (Å²) in [5, 5.41) is 20.7. The molecule has 0 N–H and O–H groups in total. The van der Waals surface area contributed by atoms with Crippen LogP contribution in [0.15, 0.2) is 71.2 Å². The molecule has 0 spiro atoms. The maximum Gasteiger partial charge on any atom is 0.237 e. The molecule has 34 heavy (non-hydrogen) atoms. The van der Waals surface area contributed by atoms with Gasteiger partial charge in [-0.1, -0.05) is 54.2 Å². The zero-order valence-electron chi connectivity index (χ0n) is 19.1. The van der Waals surface area contributed by atoms with Crippen molar-refractivity contribution in [1.82, 2.24) is 14.8 Å². The van der Waals surface area contributed by atoms with Gasteiger partial charge in [-0.3, -0.25) is 9.36 Å². The highest BCUT2D eigenvalue weighted by atomic mass is 32.2. The summed E-state index contributed by atoms with van der Waals surface area (Å²) in [5.74, 6) is 0.942. The molecule has 1 amide bonds. The van der Waals surface area contributed by atoms with Crippen molar-refractivity contribution < 1.29 is 4.79 Å². The first-order valence-electron chi connectivity index (χ1n) is 10.9. The lowest BCUT2D eigenvalue weighted by atomic mass is 10.1. The fraction of sp³-hybridized carbons (Fsp3) is 0.231. The van der Waals surface area contributed by atoms with E-state index in [1.807, 2.05) is 61.7 Å². The summed E-state index contributed by atoms with van der Waals surface area (Å²) in [6.07, 6.45) is 0.274. The van der Waals surface area contributed by atoms with Crippen LogP contribution >= 0.6 is 23.1 Å². The first-order valence-corrected chi connectivity index (χ1v) is 12.8. The number of anilines is 1. The zero-order chi connectivity index (χ0) is 23.9. The number of nitriles is 1. The number of hydrogen-bond acceptors (Lipinski definition) is 6. The second-order valence-electron chi connectivity index (χ2n) is 7.94. The van der Waals surface area contributed by atoms with Gasteiger partial charge in [0, 0.05) is 12.2 Å². The highest BCUT2D eigenvalue weighted by Crippen LogP contribution is 2.29. The average Bonchev–Trinajstić information content (AvgIpc) is 3.48. The van der Waals surface area contributed by atoms with E-state index in [1.54, 1.807) is 16.2 Å². The smallest absolute Gasteiger partial charge is 0.237 e. The van der Waals surface area contributed by atoms with E-state index in [1.165, 1.54) is 11.8 Å². The van der Waals surface area contributed by atoms with E-state index >= 15 is 0 Å². The Labute approximate surface area is 207 Å². The second-order valence-corrected chi connectivity index (χ2v) is 9.83. The Morgan fingerprint density at radius 2 is 1.85 bits per heavy atom. The molecule has 2 aromatic heterocycles. The lowest BCUT2D eigenvalue weighted by Gasteiger charge is -2.22. The SMILES string of the molecule is Cc1cc(C)cc(N(CCC#N)C(=O)CSc2nnc(-c3cccs3)n2Cc2ccccc2)c1. The van der Waals surface area contributed by atoms with Crippen LogP contribution in [0.2, 0.25) is 0 Å². The normalized spacial score (nSPS) is 10.7. The third-order valence-corrected chi connectivity index (χ3v) is 7.05. The average molecular weight is 488 g/mol. The molecule has 0 radical (unpaired) electrons. The van der Waals surface area contributed by atoms with Gasteiger partial charge in [0.05, 0.1) is 29.7 Å². The van der Waals surface area contributed by atoms with Gasteiger partial charge in [0.15, 0.2) is 11.0 Å². The van der Waals surface area contributed by atoms with Gasteiger partial charge in [-0.15, -0.1) is 21.5 Å². The van der Waals surface area contributed by atoms with Crippen LogP contribution in [0.5, 0.6) is 0 Å². The summed E-state index contributed by atoms with van der Waals surface area (Å²) in [5.41, 5.74) is 4.13. The quantitative estimate of drug-likeness (QED) is 0.283. The van der Waals surface area contributed by atoms with Crippen molar-refractivity contribution >= 4 is 34.7 Å². The molecule has 0 fully saturated rings. The monoisotopic (exact) mass is 487 g/mol. The largest absolute Gasteiger partial charge is 0.311 e. The van der Waals surface area contributed by atoms with Crippen LogP contribution in [0.25, 0.3) is 10.7 Å². The number of rotatable bonds is 9. The van der Waals surface area contributed by atoms with Gasteiger partial charge < -0.3 is 4.90 Å². The van der Waals surface area contributed by atoms with Crippen LogP contribution in [0, 0.1) is 25.2 Å². The van der Waals surface area contributed by atoms with Gasteiger partial charge in [-0.05, 0) is 54.1 Å². The molecule has 8 heteroatoms. The minimum absolute atomic E-state index is 0.0582. The highest BCUT2D eigenvalue weighted by molar-refractivity contribution is 7.99. The number of hydrogen-bond donors (Lipinski definition) is 0. The van der Waals surface area contributed by atoms with Crippen LogP contribution in [0.3, 0.4) is 0 Å². The summed E-state index contributed by atoms with van der Waals surface area (Å²) in [6, 6.07) is 22.4. The van der Waals surface area contributed by atoms with E-state index in [-0.39, 0.29) is 18.1 Å². The summed E-state index contributed by atoms with van der Waals surface area (Å²) in [6.45, 7) is 5.00. The molecule has 4 aromatic rings. The molecular weight excluding hydrogens is 462 g/mol. The number of thiophene rings is 1. The molecular formula is C26H25N5OS2. The van der Waals surface area contributed by atoms with Crippen molar-refractivity contribution in [1.29, 1.82) is 5.26 Å². The lowest BCUT2D eigenvalue weighted by Crippen LogP contribution is -2.33. The number of aryl methyl sites for hydroxylation is 2. The Kier molecular flexibility index (Phi) is 7.78. The third-order valence-electron chi connectivity index (χ3n) is 5.23. The summed E-state index contributed by atoms with van der Waals surface area (Å²) < 4.78 is 2.07. The zero-order valence-corrected chi connectivity index (χ0v) is 20.8. The topological polar surface area (TPSA) is 74.8 Å². The minimum Gasteiger partial charge on any atom is -0.311 e. The van der Waals surface area contributed by atoms with Crippen molar-refractivity contribution in [2.45, 2.75) is 32.0 Å². The number of amides is 1. The lowest BCUT2D eigenvalue weighted by molar-refractivity contribution is -0.116. The van der Waals surface area contributed by atoms with Crippen molar-refractivity contribution in [3.63, 3.8) is 0 Å². The van der Waals surface area contributed by atoms with E-state index in [4.69, 9.17) is 5.26 Å². The van der Waals surface area contributed by atoms with Gasteiger partial charge in [-0.2, -0.15) is 5.26 Å². The predicted octanol–water partition coefficient (Wildman–Crippen LogP) is 5.71. The fourth-order valence-electron chi connectivity index (χ4n) is 3.76. The second kappa shape index (κ2) is 11.1. The molecule has 172 valence electrons. The Hall–Kier alpha value is -3.41. The number of nitrogens with zero attached hydrogens (tertiary/aromatic N) is 5. The number of aromatic nitrogens is 3. The summed E-state index contributed by atoms with van der Waals surface area (Å²) in [7, 11) is 0. The molecule has 2 heterocycles. The Balaban J connectivity index is 1.58. The molecule has 0 bridgehead atoms. The maximum atomic E-state index is 13.3. The van der Waals surface area contributed by atoms with Crippen LogP contribution < -0.4 is 4.90 Å². The standard InChI is InChI=1S/C26H25N5OS2/c1-19-14-20(2)16-22(15-19)30(12-7-11-27)24(32)18-34-26-29-28-25(23-10-6-13-33-23)31(26)17-21-8-4-3-5-9-21/h3-6,8-10,13-16H,7,12,17-18H2,1-2H3. The van der Waals surface area contributed by atoms with E-state index < -0.39 is 0 Å². The molecule has 2 aromatic carbocycles. The van der Waals surface area contributed by atoms with Crippen molar-refractivity contribution in [2.75, 3.05) is 17.2 Å². The summed E-state index contributed by atoms with van der Waals surface area (Å²) in [4.78, 5) is 16.0. The molecule has 0 aliphatic rings. The first kappa shape index (κ1) is 23.7. The van der Waals surface area contributed by atoms with Gasteiger partial charge in [0.2, 0.25) is 5.91 Å². The molecule has 0 aliphatic heterocycles.